The van der Waals surface area contributed by atoms with Gasteiger partial charge >= 0.3 is 0 Å². The van der Waals surface area contributed by atoms with Crippen molar-refractivity contribution in [3.05, 3.63) is 22.5 Å². The molecular formula is C11H12BrNO3S. The van der Waals surface area contributed by atoms with Gasteiger partial charge in [-0.1, -0.05) is 27.5 Å². The third-order valence-corrected chi connectivity index (χ3v) is 4.18. The molecule has 0 radical (unpaired) electrons. The third kappa shape index (κ3) is 2.32. The van der Waals surface area contributed by atoms with Gasteiger partial charge in [-0.2, -0.15) is 0 Å². The van der Waals surface area contributed by atoms with Crippen LogP contribution in [0.25, 0.3) is 10.1 Å². The maximum Gasteiger partial charge on any atom is 0.272 e. The summed E-state index contributed by atoms with van der Waals surface area (Å²) in [5.41, 5.74) is -0.229. The van der Waals surface area contributed by atoms with Crippen molar-refractivity contribution >= 4 is 37.5 Å². The molecule has 2 rings (SSSR count). The van der Waals surface area contributed by atoms with Crippen LogP contribution in [0.3, 0.4) is 0 Å². The summed E-state index contributed by atoms with van der Waals surface area (Å²) in [6, 6.07) is 3.05. The lowest BCUT2D eigenvalue weighted by atomic mass is 10.2. The Morgan fingerprint density at radius 2 is 2.06 bits per heavy atom. The molecule has 0 aliphatic rings. The monoisotopic (exact) mass is 317 g/mol. The Hall–Kier alpha value is -1.01. The fraction of sp³-hybridized carbons (Fsp3) is 0.364. The van der Waals surface area contributed by atoms with E-state index in [1.54, 1.807) is 10.0 Å². The van der Waals surface area contributed by atoms with Crippen LogP contribution in [-0.4, -0.2) is 19.5 Å². The Morgan fingerprint density at radius 3 is 2.76 bits per heavy atom. The second-order valence-electron chi connectivity index (χ2n) is 3.70. The van der Waals surface area contributed by atoms with Gasteiger partial charge in [0.2, 0.25) is 0 Å². The van der Waals surface area contributed by atoms with Crippen LogP contribution in [0.4, 0.5) is 0 Å². The van der Waals surface area contributed by atoms with Crippen LogP contribution in [0, 0.1) is 0 Å². The first kappa shape index (κ1) is 12.4. The minimum absolute atomic E-state index is 0.217. The molecule has 17 heavy (non-hydrogen) atoms. The molecule has 0 bridgehead atoms. The van der Waals surface area contributed by atoms with E-state index >= 15 is 0 Å². The molecule has 2 N–H and O–H groups in total. The van der Waals surface area contributed by atoms with E-state index in [4.69, 9.17) is 0 Å². The lowest BCUT2D eigenvalue weighted by molar-refractivity contribution is 0.408. The van der Waals surface area contributed by atoms with Crippen molar-refractivity contribution in [3.63, 3.8) is 0 Å². The van der Waals surface area contributed by atoms with E-state index in [1.165, 1.54) is 17.6 Å². The van der Waals surface area contributed by atoms with Crippen molar-refractivity contribution in [1.82, 2.24) is 3.96 Å². The number of aromatic nitrogens is 1. The maximum atomic E-state index is 12.0. The van der Waals surface area contributed by atoms with Gasteiger partial charge in [-0.15, -0.1) is 0 Å². The second kappa shape index (κ2) is 5.10. The van der Waals surface area contributed by atoms with Gasteiger partial charge in [-0.25, -0.2) is 0 Å². The number of nitrogens with zero attached hydrogens (tertiary/aromatic N) is 1. The zero-order valence-corrected chi connectivity index (χ0v) is 11.4. The minimum Gasteiger partial charge on any atom is -0.504 e. The molecule has 0 aliphatic carbocycles. The summed E-state index contributed by atoms with van der Waals surface area (Å²) in [5, 5.41) is 20.2. The molecule has 6 heteroatoms. The molecule has 0 fully saturated rings. The van der Waals surface area contributed by atoms with Gasteiger partial charge in [0, 0.05) is 11.9 Å². The van der Waals surface area contributed by atoms with Gasteiger partial charge < -0.3 is 10.2 Å². The molecule has 1 aromatic heterocycles. The van der Waals surface area contributed by atoms with E-state index in [0.29, 0.717) is 11.2 Å². The number of aromatic hydroxyl groups is 2. The predicted octanol–water partition coefficient (Wildman–Crippen LogP) is 2.65. The molecule has 2 aromatic rings. The summed E-state index contributed by atoms with van der Waals surface area (Å²) < 4.78 is 2.32. The summed E-state index contributed by atoms with van der Waals surface area (Å²) in [6.07, 6.45) is 1.91. The fourth-order valence-corrected chi connectivity index (χ4v) is 3.06. The molecular weight excluding hydrogens is 306 g/mol. The second-order valence-corrected chi connectivity index (χ2v) is 5.56. The lowest BCUT2D eigenvalue weighted by Crippen LogP contribution is -2.13. The van der Waals surface area contributed by atoms with E-state index in [1.807, 2.05) is 0 Å². The number of aryl methyl sites for hydroxylation is 1. The number of benzene rings is 1. The first-order valence-electron chi connectivity index (χ1n) is 5.26. The highest BCUT2D eigenvalue weighted by Crippen LogP contribution is 2.33. The Balaban J connectivity index is 2.43. The quantitative estimate of drug-likeness (QED) is 0.517. The number of hydrogen-bond donors (Lipinski definition) is 2. The highest BCUT2D eigenvalue weighted by molar-refractivity contribution is 9.09. The Labute approximate surface area is 110 Å². The number of phenolic OH excluding ortho intramolecular Hbond substituents is 2. The minimum atomic E-state index is -0.317. The van der Waals surface area contributed by atoms with E-state index < -0.39 is 0 Å². The van der Waals surface area contributed by atoms with Crippen molar-refractivity contribution in [1.29, 1.82) is 0 Å². The number of halogens is 1. The number of fused-ring (bicyclic) bond motifs is 1. The zero-order chi connectivity index (χ0) is 12.4. The molecule has 1 aromatic carbocycles. The van der Waals surface area contributed by atoms with Gasteiger partial charge in [-0.3, -0.25) is 8.75 Å². The number of rotatable bonds is 4. The average molecular weight is 318 g/mol. The molecule has 0 spiro atoms. The molecule has 0 saturated heterocycles. The standard InChI is InChI=1S/C11H12BrNO3S/c12-5-1-2-6-13-11(16)9-8(17-13)4-3-7(14)10(9)15/h3-4,14-15H,1-2,5-6H2. The van der Waals surface area contributed by atoms with Crippen LogP contribution in [0.2, 0.25) is 0 Å². The van der Waals surface area contributed by atoms with Gasteiger partial charge in [0.05, 0.1) is 4.70 Å². The zero-order valence-electron chi connectivity index (χ0n) is 9.02. The van der Waals surface area contributed by atoms with Gasteiger partial charge in [0.1, 0.15) is 5.39 Å². The average Bonchev–Trinajstić information content (AvgIpc) is 2.63. The Kier molecular flexibility index (Phi) is 3.73. The Bertz CT molecular complexity index is 590. The fourth-order valence-electron chi connectivity index (χ4n) is 1.63. The number of phenols is 2. The molecule has 0 aliphatic heterocycles. The van der Waals surface area contributed by atoms with Crippen molar-refractivity contribution in [2.45, 2.75) is 19.4 Å². The van der Waals surface area contributed by atoms with Crippen molar-refractivity contribution < 1.29 is 10.2 Å². The molecule has 92 valence electrons. The van der Waals surface area contributed by atoms with Crippen molar-refractivity contribution in [2.75, 3.05) is 5.33 Å². The SMILES string of the molecule is O=c1c2c(O)c(O)ccc2sn1CCCCBr. The largest absolute Gasteiger partial charge is 0.504 e. The molecule has 4 nitrogen and oxygen atoms in total. The summed E-state index contributed by atoms with van der Waals surface area (Å²) >= 11 is 4.66. The summed E-state index contributed by atoms with van der Waals surface area (Å²) in [7, 11) is 0. The summed E-state index contributed by atoms with van der Waals surface area (Å²) in [5.74, 6) is -0.567. The maximum absolute atomic E-state index is 12.0. The predicted molar refractivity (Wildman–Crippen MR) is 72.4 cm³/mol. The van der Waals surface area contributed by atoms with E-state index in [2.05, 4.69) is 15.9 Å². The molecule has 0 unspecified atom stereocenters. The molecule has 0 atom stereocenters. The van der Waals surface area contributed by atoms with E-state index in [0.717, 1.165) is 18.2 Å². The van der Waals surface area contributed by atoms with Crippen molar-refractivity contribution in [2.24, 2.45) is 0 Å². The first-order chi connectivity index (χ1) is 8.15. The van der Waals surface area contributed by atoms with Crippen LogP contribution >= 0.6 is 27.5 Å². The normalized spacial score (nSPS) is 11.1. The number of alkyl halides is 1. The topological polar surface area (TPSA) is 62.5 Å². The number of hydrogen-bond acceptors (Lipinski definition) is 4. The van der Waals surface area contributed by atoms with Gasteiger partial charge in [-0.05, 0) is 25.0 Å². The highest BCUT2D eigenvalue weighted by atomic mass is 79.9. The lowest BCUT2D eigenvalue weighted by Gasteiger charge is -1.97. The highest BCUT2D eigenvalue weighted by Gasteiger charge is 2.14. The first-order valence-corrected chi connectivity index (χ1v) is 7.15. The number of unbranched alkanes of at least 4 members (excludes halogenated alkanes) is 1. The smallest absolute Gasteiger partial charge is 0.272 e. The van der Waals surface area contributed by atoms with Crippen LogP contribution in [0.5, 0.6) is 11.5 Å². The summed E-state index contributed by atoms with van der Waals surface area (Å²) in [6.45, 7) is 0.643. The van der Waals surface area contributed by atoms with Crippen molar-refractivity contribution in [3.8, 4) is 11.5 Å². The van der Waals surface area contributed by atoms with Gasteiger partial charge in [0.25, 0.3) is 5.56 Å². The molecule has 0 saturated carbocycles. The van der Waals surface area contributed by atoms with Gasteiger partial charge in [0.15, 0.2) is 11.5 Å². The summed E-state index contributed by atoms with van der Waals surface area (Å²) in [4.78, 5) is 12.0. The Morgan fingerprint density at radius 1 is 1.29 bits per heavy atom. The van der Waals surface area contributed by atoms with Crippen LogP contribution < -0.4 is 5.56 Å². The molecule has 1 heterocycles. The van der Waals surface area contributed by atoms with Crippen LogP contribution in [0.1, 0.15) is 12.8 Å². The van der Waals surface area contributed by atoms with E-state index in [9.17, 15) is 15.0 Å². The van der Waals surface area contributed by atoms with Crippen LogP contribution in [0.15, 0.2) is 16.9 Å². The third-order valence-electron chi connectivity index (χ3n) is 2.51. The van der Waals surface area contributed by atoms with E-state index in [-0.39, 0.29) is 22.4 Å². The molecule has 0 amide bonds. The van der Waals surface area contributed by atoms with Crippen LogP contribution in [-0.2, 0) is 6.54 Å².